The van der Waals surface area contributed by atoms with Crippen LogP contribution in [0.3, 0.4) is 0 Å². The molecule has 2 aromatic carbocycles. The monoisotopic (exact) mass is 466 g/mol. The highest BCUT2D eigenvalue weighted by Crippen LogP contribution is 2.29. The van der Waals surface area contributed by atoms with Crippen LogP contribution in [0.4, 0.5) is 11.4 Å². The van der Waals surface area contributed by atoms with Crippen LogP contribution in [0.1, 0.15) is 11.1 Å². The summed E-state index contributed by atoms with van der Waals surface area (Å²) in [7, 11) is 1.88. The summed E-state index contributed by atoms with van der Waals surface area (Å²) in [6.45, 7) is 0. The lowest BCUT2D eigenvalue weighted by atomic mass is 10.1. The first-order valence-corrected chi connectivity index (χ1v) is 11.6. The number of nitro groups is 2. The third-order valence-corrected chi connectivity index (χ3v) is 6.14. The van der Waals surface area contributed by atoms with Gasteiger partial charge in [-0.05, 0) is 23.3 Å². The van der Waals surface area contributed by atoms with Crippen molar-refractivity contribution in [2.75, 3.05) is 0 Å². The van der Waals surface area contributed by atoms with Gasteiger partial charge in [-0.3, -0.25) is 20.2 Å². The number of benzene rings is 2. The third kappa shape index (κ3) is 5.04. The van der Waals surface area contributed by atoms with Gasteiger partial charge in [-0.1, -0.05) is 12.2 Å². The quantitative estimate of drug-likeness (QED) is 0.270. The minimum absolute atomic E-state index is 0.0723. The molecule has 0 fully saturated rings. The molecule has 0 aliphatic carbocycles. The lowest BCUT2D eigenvalue weighted by Gasteiger charge is -2.05. The predicted molar refractivity (Wildman–Crippen MR) is 101 cm³/mol. The average Bonchev–Trinajstić information content (AvgIpc) is 2.57. The molecule has 0 spiro atoms. The number of non-ortho nitro benzene ring substituents is 2. The van der Waals surface area contributed by atoms with Gasteiger partial charge >= 0.3 is 0 Å². The number of hydrogen-bond donors (Lipinski definition) is 0. The Morgan fingerprint density at radius 2 is 1.04 bits per heavy atom. The second-order valence-electron chi connectivity index (χ2n) is 5.17. The topological polar surface area (TPSA) is 155 Å². The van der Waals surface area contributed by atoms with Gasteiger partial charge in [-0.15, -0.1) is 0 Å². The van der Waals surface area contributed by atoms with Crippen LogP contribution < -0.4 is 0 Å². The van der Waals surface area contributed by atoms with E-state index in [0.29, 0.717) is 0 Å². The lowest BCUT2D eigenvalue weighted by molar-refractivity contribution is -0.385. The Labute approximate surface area is 167 Å². The van der Waals surface area contributed by atoms with Crippen LogP contribution in [0.25, 0.3) is 12.2 Å². The van der Waals surface area contributed by atoms with E-state index in [-0.39, 0.29) is 11.1 Å². The van der Waals surface area contributed by atoms with Gasteiger partial charge in [0.15, 0.2) is 0 Å². The lowest BCUT2D eigenvalue weighted by Crippen LogP contribution is -1.98. The van der Waals surface area contributed by atoms with E-state index in [0.717, 1.165) is 48.6 Å². The number of hydrogen-bond acceptors (Lipinski definition) is 8. The molecule has 0 amide bonds. The van der Waals surface area contributed by atoms with Crippen molar-refractivity contribution in [1.29, 1.82) is 0 Å². The molecule has 0 saturated heterocycles. The first-order chi connectivity index (χ1) is 12.8. The maximum atomic E-state index is 11.7. The third-order valence-electron chi connectivity index (χ3n) is 3.38. The molecule has 28 heavy (non-hydrogen) atoms. The Hall–Kier alpha value is -2.54. The molecule has 10 nitrogen and oxygen atoms in total. The molecule has 0 bridgehead atoms. The maximum absolute atomic E-state index is 11.7. The van der Waals surface area contributed by atoms with Crippen LogP contribution in [0, 0.1) is 20.2 Å². The fourth-order valence-electron chi connectivity index (χ4n) is 2.15. The van der Waals surface area contributed by atoms with Gasteiger partial charge in [0.1, 0.15) is 0 Å². The Morgan fingerprint density at radius 3 is 1.29 bits per heavy atom. The molecule has 0 aliphatic rings. The molecule has 0 unspecified atom stereocenters. The minimum Gasteiger partial charge on any atom is -0.258 e. The Balaban J connectivity index is 2.64. The second kappa shape index (κ2) is 7.83. The normalized spacial score (nSPS) is 12.2. The molecule has 0 aliphatic heterocycles. The zero-order chi connectivity index (χ0) is 21.3. The number of halogens is 2. The fourth-order valence-corrected chi connectivity index (χ4v) is 4.31. The van der Waals surface area contributed by atoms with E-state index >= 15 is 0 Å². The van der Waals surface area contributed by atoms with E-state index in [9.17, 15) is 37.1 Å². The van der Waals surface area contributed by atoms with E-state index < -0.39 is 49.1 Å². The number of rotatable bonds is 6. The highest BCUT2D eigenvalue weighted by atomic mass is 35.7. The van der Waals surface area contributed by atoms with Crippen molar-refractivity contribution in [2.24, 2.45) is 0 Å². The number of nitrogens with zero attached hydrogens (tertiary/aromatic N) is 2. The van der Waals surface area contributed by atoms with E-state index in [1.165, 1.54) is 0 Å². The molecule has 2 aromatic rings. The van der Waals surface area contributed by atoms with Crippen LogP contribution >= 0.6 is 21.4 Å². The van der Waals surface area contributed by atoms with Gasteiger partial charge in [0, 0.05) is 45.6 Å². The Morgan fingerprint density at radius 1 is 0.714 bits per heavy atom. The summed E-state index contributed by atoms with van der Waals surface area (Å²) < 4.78 is 46.8. The van der Waals surface area contributed by atoms with Crippen molar-refractivity contribution in [1.82, 2.24) is 0 Å². The van der Waals surface area contributed by atoms with Gasteiger partial charge in [-0.2, -0.15) is 0 Å². The van der Waals surface area contributed by atoms with Gasteiger partial charge < -0.3 is 0 Å². The number of nitro benzene ring substituents is 2. The van der Waals surface area contributed by atoms with E-state index in [2.05, 4.69) is 0 Å². The summed E-state index contributed by atoms with van der Waals surface area (Å²) in [4.78, 5) is 18.9. The zero-order valence-electron chi connectivity index (χ0n) is 13.4. The molecule has 2 rings (SSSR count). The Kier molecular flexibility index (Phi) is 6.09. The summed E-state index contributed by atoms with van der Waals surface area (Å²) in [6.07, 6.45) is 2.26. The second-order valence-corrected chi connectivity index (χ2v) is 10.2. The van der Waals surface area contributed by atoms with Crippen molar-refractivity contribution >= 4 is 63.0 Å². The molecule has 0 heterocycles. The van der Waals surface area contributed by atoms with E-state index in [1.807, 2.05) is 0 Å². The summed E-state index contributed by atoms with van der Waals surface area (Å²) >= 11 is 0. The van der Waals surface area contributed by atoms with Crippen molar-refractivity contribution in [2.45, 2.75) is 9.79 Å². The molecule has 0 radical (unpaired) electrons. The van der Waals surface area contributed by atoms with E-state index in [4.69, 9.17) is 21.4 Å². The SMILES string of the molecule is O=[N+]([O-])c1ccc(C=Cc2ccc([N+](=O)[O-])cc2S(=O)(=O)Cl)c(S(=O)(=O)Cl)c1. The average molecular weight is 467 g/mol. The molecule has 0 atom stereocenters. The van der Waals surface area contributed by atoms with Crippen LogP contribution in [0.5, 0.6) is 0 Å². The van der Waals surface area contributed by atoms with Gasteiger partial charge in [-0.25, -0.2) is 16.8 Å². The molecular weight excluding hydrogens is 459 g/mol. The van der Waals surface area contributed by atoms with Gasteiger partial charge in [0.2, 0.25) is 0 Å². The molecule has 0 N–H and O–H groups in total. The molecule has 14 heteroatoms. The molecule has 148 valence electrons. The maximum Gasteiger partial charge on any atom is 0.270 e. The summed E-state index contributed by atoms with van der Waals surface area (Å²) in [6, 6.07) is 5.75. The van der Waals surface area contributed by atoms with Gasteiger partial charge in [0.25, 0.3) is 29.5 Å². The smallest absolute Gasteiger partial charge is 0.258 e. The van der Waals surface area contributed by atoms with Gasteiger partial charge in [0.05, 0.1) is 19.6 Å². The van der Waals surface area contributed by atoms with Crippen molar-refractivity contribution in [3.63, 3.8) is 0 Å². The van der Waals surface area contributed by atoms with Crippen molar-refractivity contribution in [3.05, 3.63) is 67.8 Å². The van der Waals surface area contributed by atoms with Crippen molar-refractivity contribution in [3.8, 4) is 0 Å². The highest BCUT2D eigenvalue weighted by Gasteiger charge is 2.21. The standard InChI is InChI=1S/C14H8Cl2N2O8S2/c15-27(23,24)13-7-11(17(19)20)5-3-9(13)1-2-10-4-6-12(18(21)22)8-14(10)28(16,25)26/h1-8H. The van der Waals surface area contributed by atoms with Crippen LogP contribution in [-0.4, -0.2) is 26.7 Å². The highest BCUT2D eigenvalue weighted by molar-refractivity contribution is 8.14. The summed E-state index contributed by atoms with van der Waals surface area (Å²) in [5.41, 5.74) is -1.18. The molecular formula is C14H8Cl2N2O8S2. The van der Waals surface area contributed by atoms with Crippen molar-refractivity contribution < 1.29 is 26.7 Å². The molecule has 0 saturated carbocycles. The summed E-state index contributed by atoms with van der Waals surface area (Å²) in [5.74, 6) is 0. The minimum atomic E-state index is -4.37. The van der Waals surface area contributed by atoms with E-state index in [1.54, 1.807) is 0 Å². The largest absolute Gasteiger partial charge is 0.270 e. The summed E-state index contributed by atoms with van der Waals surface area (Å²) in [5, 5.41) is 21.7. The molecule has 0 aromatic heterocycles. The van der Waals surface area contributed by atoms with Crippen LogP contribution in [0.2, 0.25) is 0 Å². The van der Waals surface area contributed by atoms with Crippen LogP contribution in [0.15, 0.2) is 46.2 Å². The first-order valence-electron chi connectivity index (χ1n) is 6.95. The fraction of sp³-hybridized carbons (Fsp3) is 0. The Bertz CT molecular complexity index is 1130. The predicted octanol–water partition coefficient (Wildman–Crippen LogP) is 3.53. The first kappa shape index (κ1) is 21.8. The van der Waals surface area contributed by atoms with Crippen LogP contribution in [-0.2, 0) is 18.1 Å². The zero-order valence-corrected chi connectivity index (χ0v) is 16.5.